The van der Waals surface area contributed by atoms with Crippen molar-refractivity contribution in [2.45, 2.75) is 207 Å². The monoisotopic (exact) mass is 726 g/mol. The number of likely N-dealkylation sites (tertiary alicyclic amines) is 1. The summed E-state index contributed by atoms with van der Waals surface area (Å²) in [7, 11) is 0. The molecule has 1 fully saturated rings. The van der Waals surface area contributed by atoms with Crippen molar-refractivity contribution < 1.29 is 33.6 Å². The average Bonchev–Trinajstić information content (AvgIpc) is 3.12. The Morgan fingerprint density at radius 2 is 1.00 bits per heavy atom. The van der Waals surface area contributed by atoms with E-state index in [0.29, 0.717) is 38.9 Å². The van der Waals surface area contributed by atoms with Gasteiger partial charge in [-0.25, -0.2) is 0 Å². The molecule has 8 nitrogen and oxygen atoms in total. The van der Waals surface area contributed by atoms with Crippen LogP contribution >= 0.6 is 0 Å². The fourth-order valence-electron chi connectivity index (χ4n) is 7.08. The summed E-state index contributed by atoms with van der Waals surface area (Å²) < 4.78 is 23.4. The minimum atomic E-state index is -0.153. The van der Waals surface area contributed by atoms with Crippen LogP contribution in [0.1, 0.15) is 195 Å². The van der Waals surface area contributed by atoms with Crippen LogP contribution in [0.5, 0.6) is 0 Å². The molecule has 2 atom stereocenters. The van der Waals surface area contributed by atoms with Crippen LogP contribution < -0.4 is 0 Å². The molecular weight excluding hydrogens is 642 g/mol. The Morgan fingerprint density at radius 1 is 0.588 bits per heavy atom. The molecule has 0 aromatic carbocycles. The molecule has 1 saturated heterocycles. The number of aliphatic hydroxyl groups is 1. The number of carbonyl (C=O) groups excluding carboxylic acids is 2. The van der Waals surface area contributed by atoms with Crippen molar-refractivity contribution in [2.24, 2.45) is 5.41 Å². The highest BCUT2D eigenvalue weighted by Gasteiger charge is 2.34. The standard InChI is InChI=1S/C43H83NO7/c1-5-7-9-11-13-15-17-21-35-48-39(3)23-25-41(46)50-37-29-43(27-32-44(33-28-43)31-19-20-34-45)30-38-51-42(47)26-24-40(4)49-36-22-18-16-14-12-10-8-6-2/h39-40,45H,5-38H2,1-4H3. The van der Waals surface area contributed by atoms with Crippen LogP contribution in [0.2, 0.25) is 0 Å². The third kappa shape index (κ3) is 28.0. The third-order valence-corrected chi connectivity index (χ3v) is 10.9. The maximum Gasteiger partial charge on any atom is 0.305 e. The van der Waals surface area contributed by atoms with Gasteiger partial charge in [-0.05, 0) is 103 Å². The molecule has 0 bridgehead atoms. The van der Waals surface area contributed by atoms with Gasteiger partial charge in [0.05, 0.1) is 25.4 Å². The van der Waals surface area contributed by atoms with Gasteiger partial charge in [0.2, 0.25) is 0 Å². The van der Waals surface area contributed by atoms with E-state index >= 15 is 0 Å². The molecule has 302 valence electrons. The predicted octanol–water partition coefficient (Wildman–Crippen LogP) is 10.4. The number of esters is 2. The minimum absolute atomic E-state index is 0.00710. The molecule has 0 aromatic heterocycles. The summed E-state index contributed by atoms with van der Waals surface area (Å²) in [5.74, 6) is -0.307. The van der Waals surface area contributed by atoms with Gasteiger partial charge >= 0.3 is 11.9 Å². The number of rotatable bonds is 36. The number of piperidine rings is 1. The summed E-state index contributed by atoms with van der Waals surface area (Å²) in [5.41, 5.74) is -0.00710. The van der Waals surface area contributed by atoms with Crippen molar-refractivity contribution in [1.82, 2.24) is 4.90 Å². The van der Waals surface area contributed by atoms with Gasteiger partial charge < -0.3 is 29.0 Å². The lowest BCUT2D eigenvalue weighted by Crippen LogP contribution is -2.42. The number of aliphatic hydroxyl groups excluding tert-OH is 1. The first-order chi connectivity index (χ1) is 24.8. The van der Waals surface area contributed by atoms with E-state index in [1.807, 2.05) is 13.8 Å². The second kappa shape index (κ2) is 33.4. The Bertz CT molecular complexity index is 749. The molecule has 8 heteroatoms. The second-order valence-corrected chi connectivity index (χ2v) is 15.6. The number of hydrogen-bond acceptors (Lipinski definition) is 8. The van der Waals surface area contributed by atoms with E-state index in [-0.39, 0.29) is 36.2 Å². The first-order valence-corrected chi connectivity index (χ1v) is 21.7. The van der Waals surface area contributed by atoms with E-state index in [2.05, 4.69) is 18.7 Å². The summed E-state index contributed by atoms with van der Waals surface area (Å²) in [4.78, 5) is 27.7. The molecule has 51 heavy (non-hydrogen) atoms. The summed E-state index contributed by atoms with van der Waals surface area (Å²) in [6.07, 6.45) is 28.2. The minimum Gasteiger partial charge on any atom is -0.466 e. The van der Waals surface area contributed by atoms with Crippen LogP contribution in [0.4, 0.5) is 0 Å². The van der Waals surface area contributed by atoms with Crippen LogP contribution in [0.3, 0.4) is 0 Å². The normalized spacial score (nSPS) is 15.9. The van der Waals surface area contributed by atoms with Crippen molar-refractivity contribution in [1.29, 1.82) is 0 Å². The lowest BCUT2D eigenvalue weighted by atomic mass is 9.73. The zero-order valence-corrected chi connectivity index (χ0v) is 34.0. The molecule has 0 spiro atoms. The van der Waals surface area contributed by atoms with Crippen molar-refractivity contribution in [3.05, 3.63) is 0 Å². The van der Waals surface area contributed by atoms with Crippen molar-refractivity contribution in [2.75, 3.05) is 52.7 Å². The molecule has 0 aliphatic carbocycles. The largest absolute Gasteiger partial charge is 0.466 e. The molecule has 0 amide bonds. The number of unbranched alkanes of at least 4 members (excludes halogenated alkanes) is 15. The van der Waals surface area contributed by atoms with E-state index in [1.54, 1.807) is 0 Å². The molecule has 0 radical (unpaired) electrons. The fourth-order valence-corrected chi connectivity index (χ4v) is 7.08. The number of carbonyl (C=O) groups is 2. The van der Waals surface area contributed by atoms with Crippen LogP contribution in [-0.2, 0) is 28.5 Å². The molecule has 1 aliphatic heterocycles. The highest BCUT2D eigenvalue weighted by atomic mass is 16.5. The smallest absolute Gasteiger partial charge is 0.305 e. The Labute approximate surface area is 314 Å². The van der Waals surface area contributed by atoms with Gasteiger partial charge in [0.25, 0.3) is 0 Å². The topological polar surface area (TPSA) is 94.5 Å². The summed E-state index contributed by atoms with van der Waals surface area (Å²) in [5, 5.41) is 9.17. The highest BCUT2D eigenvalue weighted by molar-refractivity contribution is 5.69. The first kappa shape index (κ1) is 47.8. The maximum atomic E-state index is 12.6. The Morgan fingerprint density at radius 3 is 1.41 bits per heavy atom. The zero-order valence-electron chi connectivity index (χ0n) is 34.0. The third-order valence-electron chi connectivity index (χ3n) is 10.9. The van der Waals surface area contributed by atoms with Gasteiger partial charge in [0.15, 0.2) is 0 Å². The Balaban J connectivity index is 2.32. The molecule has 1 rings (SSSR count). The molecule has 2 unspecified atom stereocenters. The van der Waals surface area contributed by atoms with Crippen LogP contribution in [0.15, 0.2) is 0 Å². The lowest BCUT2D eigenvalue weighted by molar-refractivity contribution is -0.146. The number of hydrogen-bond donors (Lipinski definition) is 1. The first-order valence-electron chi connectivity index (χ1n) is 21.7. The van der Waals surface area contributed by atoms with Crippen molar-refractivity contribution in [3.8, 4) is 0 Å². The van der Waals surface area contributed by atoms with E-state index < -0.39 is 0 Å². The van der Waals surface area contributed by atoms with Gasteiger partial charge in [-0.2, -0.15) is 0 Å². The Hall–Kier alpha value is -1.22. The maximum absolute atomic E-state index is 12.6. The van der Waals surface area contributed by atoms with E-state index in [1.165, 1.54) is 89.9 Å². The van der Waals surface area contributed by atoms with E-state index in [4.69, 9.17) is 18.9 Å². The van der Waals surface area contributed by atoms with E-state index in [0.717, 1.165) is 84.2 Å². The van der Waals surface area contributed by atoms with Gasteiger partial charge in [-0.15, -0.1) is 0 Å². The fraction of sp³-hybridized carbons (Fsp3) is 0.953. The second-order valence-electron chi connectivity index (χ2n) is 15.6. The zero-order chi connectivity index (χ0) is 37.3. The molecule has 0 aromatic rings. The lowest BCUT2D eigenvalue weighted by Gasteiger charge is -2.42. The predicted molar refractivity (Wildman–Crippen MR) is 210 cm³/mol. The molecule has 1 N–H and O–H groups in total. The SMILES string of the molecule is CCCCCCCCCCOC(C)CCC(=O)OCCC1(CCOC(=O)CCC(C)OCCCCCCCCCC)CCN(CCCCO)CC1. The summed E-state index contributed by atoms with van der Waals surface area (Å²) in [6, 6.07) is 0. The van der Waals surface area contributed by atoms with Crippen LogP contribution in [0, 0.1) is 5.41 Å². The molecule has 1 heterocycles. The summed E-state index contributed by atoms with van der Waals surface area (Å²) >= 11 is 0. The molecule has 1 aliphatic rings. The van der Waals surface area contributed by atoms with Crippen molar-refractivity contribution in [3.63, 3.8) is 0 Å². The van der Waals surface area contributed by atoms with Crippen molar-refractivity contribution >= 4 is 11.9 Å². The quantitative estimate of drug-likeness (QED) is 0.0504. The molecular formula is C43H83NO7. The van der Waals surface area contributed by atoms with Crippen LogP contribution in [-0.4, -0.2) is 86.8 Å². The van der Waals surface area contributed by atoms with Gasteiger partial charge in [-0.1, -0.05) is 104 Å². The average molecular weight is 726 g/mol. The van der Waals surface area contributed by atoms with Crippen LogP contribution in [0.25, 0.3) is 0 Å². The highest BCUT2D eigenvalue weighted by Crippen LogP contribution is 2.39. The van der Waals surface area contributed by atoms with E-state index in [9.17, 15) is 14.7 Å². The Kier molecular flexibility index (Phi) is 31.3. The summed E-state index contributed by atoms with van der Waals surface area (Å²) in [6.45, 7) is 14.1. The van der Waals surface area contributed by atoms with Gasteiger partial charge in [0.1, 0.15) is 0 Å². The number of nitrogens with zero attached hydrogens (tertiary/aromatic N) is 1. The van der Waals surface area contributed by atoms with Gasteiger partial charge in [-0.3, -0.25) is 9.59 Å². The van der Waals surface area contributed by atoms with Gasteiger partial charge in [0, 0.05) is 32.7 Å². The molecule has 0 saturated carbocycles. The number of ether oxygens (including phenoxy) is 4.